The molecule has 1 N–H and O–H groups in total. The van der Waals surface area contributed by atoms with Gasteiger partial charge in [0.05, 0.1) is 16.3 Å². The minimum Gasteiger partial charge on any atom is -0.379 e. The lowest BCUT2D eigenvalue weighted by atomic mass is 10.1. The van der Waals surface area contributed by atoms with Gasteiger partial charge in [-0.15, -0.1) is 0 Å². The van der Waals surface area contributed by atoms with E-state index < -0.39 is 11.7 Å². The molecule has 0 radical (unpaired) electrons. The smallest absolute Gasteiger partial charge is 0.379 e. The Balaban J connectivity index is 2.28. The summed E-state index contributed by atoms with van der Waals surface area (Å²) >= 11 is 11.7. The molecule has 0 saturated carbocycles. The van der Waals surface area contributed by atoms with Gasteiger partial charge in [0.25, 0.3) is 0 Å². The Morgan fingerprint density at radius 2 is 1.81 bits per heavy atom. The average molecular weight is 334 g/mol. The Morgan fingerprint density at radius 1 is 1.10 bits per heavy atom. The average Bonchev–Trinajstić information content (AvgIpc) is 2.37. The number of benzene rings is 2. The van der Waals surface area contributed by atoms with Gasteiger partial charge in [0.1, 0.15) is 0 Å². The van der Waals surface area contributed by atoms with Crippen molar-refractivity contribution in [3.8, 4) is 0 Å². The first-order chi connectivity index (χ1) is 9.79. The van der Waals surface area contributed by atoms with Gasteiger partial charge in [-0.05, 0) is 42.3 Å². The lowest BCUT2D eigenvalue weighted by Crippen LogP contribution is -2.11. The van der Waals surface area contributed by atoms with Gasteiger partial charge in [0.15, 0.2) is 0 Å². The highest BCUT2D eigenvalue weighted by Crippen LogP contribution is 2.38. The summed E-state index contributed by atoms with van der Waals surface area (Å²) in [6.07, 6.45) is -4.46. The van der Waals surface area contributed by atoms with Crippen molar-refractivity contribution in [1.82, 2.24) is 0 Å². The molecule has 1 nitrogen and oxygen atoms in total. The third-order valence-corrected chi connectivity index (χ3v) is 3.63. The maximum absolute atomic E-state index is 13.0. The fraction of sp³-hybridized carbons (Fsp3) is 0.200. The zero-order valence-corrected chi connectivity index (χ0v) is 12.6. The fourth-order valence-electron chi connectivity index (χ4n) is 1.98. The molecular formula is C15H12Cl2F3N. The van der Waals surface area contributed by atoms with Crippen molar-refractivity contribution in [2.24, 2.45) is 0 Å². The Bertz CT molecular complexity index is 654. The number of para-hydroxylation sites is 1. The standard InChI is InChI=1S/C15H12Cl2F3N/c1-9-7-11(16)6-5-10(9)8-21-14-12(15(18,19)20)3-2-4-13(14)17/h2-7,21H,8H2,1H3. The number of rotatable bonds is 3. The summed E-state index contributed by atoms with van der Waals surface area (Å²) in [4.78, 5) is 0. The summed E-state index contributed by atoms with van der Waals surface area (Å²) in [6, 6.07) is 8.94. The second kappa shape index (κ2) is 6.16. The molecule has 0 unspecified atom stereocenters. The first-order valence-corrected chi connectivity index (χ1v) is 6.89. The molecule has 0 spiro atoms. The van der Waals surface area contributed by atoms with Gasteiger partial charge < -0.3 is 5.32 Å². The molecule has 112 valence electrons. The summed E-state index contributed by atoms with van der Waals surface area (Å²) in [5, 5.41) is 3.40. The van der Waals surface area contributed by atoms with Crippen LogP contribution in [0.2, 0.25) is 10.0 Å². The van der Waals surface area contributed by atoms with E-state index in [4.69, 9.17) is 23.2 Å². The van der Waals surface area contributed by atoms with E-state index in [1.54, 1.807) is 18.2 Å². The molecule has 2 aromatic rings. The summed E-state index contributed by atoms with van der Waals surface area (Å²) < 4.78 is 38.9. The zero-order chi connectivity index (χ0) is 15.6. The maximum Gasteiger partial charge on any atom is 0.418 e. The Kier molecular flexibility index (Phi) is 4.69. The highest BCUT2D eigenvalue weighted by molar-refractivity contribution is 6.33. The predicted octanol–water partition coefficient (Wildman–Crippen LogP) is 5.93. The van der Waals surface area contributed by atoms with Crippen molar-refractivity contribution >= 4 is 28.9 Å². The van der Waals surface area contributed by atoms with E-state index in [-0.39, 0.29) is 17.3 Å². The Labute approximate surface area is 130 Å². The predicted molar refractivity (Wildman–Crippen MR) is 80.0 cm³/mol. The molecule has 0 aliphatic rings. The molecule has 2 aromatic carbocycles. The molecule has 6 heteroatoms. The highest BCUT2D eigenvalue weighted by Gasteiger charge is 2.34. The van der Waals surface area contributed by atoms with Crippen molar-refractivity contribution in [2.75, 3.05) is 5.32 Å². The molecule has 0 fully saturated rings. The molecule has 0 amide bonds. The summed E-state index contributed by atoms with van der Waals surface area (Å²) in [6.45, 7) is 2.08. The zero-order valence-electron chi connectivity index (χ0n) is 11.1. The van der Waals surface area contributed by atoms with Gasteiger partial charge in [-0.3, -0.25) is 0 Å². The van der Waals surface area contributed by atoms with E-state index in [2.05, 4.69) is 5.32 Å². The second-order valence-corrected chi connectivity index (χ2v) is 5.43. The van der Waals surface area contributed by atoms with E-state index >= 15 is 0 Å². The number of halogens is 5. The molecule has 0 saturated heterocycles. The molecule has 0 aromatic heterocycles. The Morgan fingerprint density at radius 3 is 2.43 bits per heavy atom. The van der Waals surface area contributed by atoms with Crippen LogP contribution in [0.4, 0.5) is 18.9 Å². The molecule has 0 bridgehead atoms. The quantitative estimate of drug-likeness (QED) is 0.733. The summed E-state index contributed by atoms with van der Waals surface area (Å²) in [5.74, 6) is 0. The highest BCUT2D eigenvalue weighted by atomic mass is 35.5. The maximum atomic E-state index is 13.0. The van der Waals surface area contributed by atoms with E-state index in [0.29, 0.717) is 5.02 Å². The van der Waals surface area contributed by atoms with Gasteiger partial charge in [0.2, 0.25) is 0 Å². The number of alkyl halides is 3. The monoisotopic (exact) mass is 333 g/mol. The number of aryl methyl sites for hydroxylation is 1. The van der Waals surface area contributed by atoms with Crippen LogP contribution >= 0.6 is 23.2 Å². The van der Waals surface area contributed by atoms with E-state index in [0.717, 1.165) is 17.2 Å². The fourth-order valence-corrected chi connectivity index (χ4v) is 2.45. The molecule has 0 heterocycles. The first kappa shape index (κ1) is 16.0. The van der Waals surface area contributed by atoms with Gasteiger partial charge in [-0.2, -0.15) is 13.2 Å². The van der Waals surface area contributed by atoms with Gasteiger partial charge >= 0.3 is 6.18 Å². The number of nitrogens with one attached hydrogen (secondary N) is 1. The van der Waals surface area contributed by atoms with Crippen molar-refractivity contribution in [1.29, 1.82) is 0 Å². The lowest BCUT2D eigenvalue weighted by molar-refractivity contribution is -0.136. The largest absolute Gasteiger partial charge is 0.418 e. The molecule has 0 atom stereocenters. The van der Waals surface area contributed by atoms with Crippen molar-refractivity contribution < 1.29 is 13.2 Å². The van der Waals surface area contributed by atoms with Crippen LogP contribution in [-0.2, 0) is 12.7 Å². The minimum absolute atomic E-state index is 0.0384. The number of hydrogen-bond donors (Lipinski definition) is 1. The van der Waals surface area contributed by atoms with Crippen LogP contribution < -0.4 is 5.32 Å². The number of hydrogen-bond acceptors (Lipinski definition) is 1. The first-order valence-electron chi connectivity index (χ1n) is 6.13. The van der Waals surface area contributed by atoms with Crippen molar-refractivity contribution in [3.05, 3.63) is 63.1 Å². The summed E-state index contributed by atoms with van der Waals surface area (Å²) in [5.41, 5.74) is 0.866. The van der Waals surface area contributed by atoms with Crippen LogP contribution in [-0.4, -0.2) is 0 Å². The van der Waals surface area contributed by atoms with Gasteiger partial charge in [-0.1, -0.05) is 35.3 Å². The molecule has 2 rings (SSSR count). The Hall–Kier alpha value is -1.39. The van der Waals surface area contributed by atoms with E-state index in [1.807, 2.05) is 6.92 Å². The van der Waals surface area contributed by atoms with Crippen LogP contribution in [0.1, 0.15) is 16.7 Å². The number of anilines is 1. The van der Waals surface area contributed by atoms with Crippen LogP contribution in [0.15, 0.2) is 36.4 Å². The molecule has 0 aliphatic heterocycles. The van der Waals surface area contributed by atoms with Crippen LogP contribution in [0.5, 0.6) is 0 Å². The second-order valence-electron chi connectivity index (χ2n) is 4.58. The molecule has 0 aliphatic carbocycles. The topological polar surface area (TPSA) is 12.0 Å². The third-order valence-electron chi connectivity index (χ3n) is 3.08. The van der Waals surface area contributed by atoms with Crippen LogP contribution in [0, 0.1) is 6.92 Å². The van der Waals surface area contributed by atoms with Crippen molar-refractivity contribution in [2.45, 2.75) is 19.6 Å². The molecular weight excluding hydrogens is 322 g/mol. The van der Waals surface area contributed by atoms with Crippen molar-refractivity contribution in [3.63, 3.8) is 0 Å². The molecule has 21 heavy (non-hydrogen) atoms. The van der Waals surface area contributed by atoms with E-state index in [1.165, 1.54) is 12.1 Å². The van der Waals surface area contributed by atoms with Crippen LogP contribution in [0.3, 0.4) is 0 Å². The SMILES string of the molecule is Cc1cc(Cl)ccc1CNc1c(Cl)cccc1C(F)(F)F. The van der Waals surface area contributed by atoms with Gasteiger partial charge in [0, 0.05) is 11.6 Å². The van der Waals surface area contributed by atoms with Gasteiger partial charge in [-0.25, -0.2) is 0 Å². The summed E-state index contributed by atoms with van der Waals surface area (Å²) in [7, 11) is 0. The van der Waals surface area contributed by atoms with E-state index in [9.17, 15) is 13.2 Å². The normalized spacial score (nSPS) is 11.5. The minimum atomic E-state index is -4.46. The van der Waals surface area contributed by atoms with Crippen LogP contribution in [0.25, 0.3) is 0 Å². The lowest BCUT2D eigenvalue weighted by Gasteiger charge is -2.16. The third kappa shape index (κ3) is 3.83.